The molecule has 1 rings (SSSR count). The number of methoxy groups -OCH3 is 1. The Morgan fingerprint density at radius 1 is 1.47 bits per heavy atom. The van der Waals surface area contributed by atoms with Crippen LogP contribution in [0.4, 0.5) is 4.39 Å². The minimum Gasteiger partial charge on any atom is -0.466 e. The van der Waals surface area contributed by atoms with Crippen molar-refractivity contribution in [1.29, 1.82) is 0 Å². The van der Waals surface area contributed by atoms with Crippen LogP contribution in [0.25, 0.3) is 0 Å². The standard InChI is InChI=1S/C11H10ClFO2/c1-14-8-15-11-7-10(13)5-4-9(11)3-2-6-12/h4-5,7H,6,8H2,1H3. The quantitative estimate of drug-likeness (QED) is 0.449. The van der Waals surface area contributed by atoms with E-state index in [0.717, 1.165) is 0 Å². The second-order valence-corrected chi connectivity index (χ2v) is 2.89. The lowest BCUT2D eigenvalue weighted by Gasteiger charge is -2.06. The summed E-state index contributed by atoms with van der Waals surface area (Å²) < 4.78 is 22.8. The fourth-order valence-corrected chi connectivity index (χ4v) is 1.04. The normalized spacial score (nSPS) is 9.27. The van der Waals surface area contributed by atoms with E-state index in [2.05, 4.69) is 11.8 Å². The summed E-state index contributed by atoms with van der Waals surface area (Å²) in [6.45, 7) is 0.0546. The molecule has 0 aliphatic heterocycles. The van der Waals surface area contributed by atoms with Crippen molar-refractivity contribution in [2.45, 2.75) is 0 Å². The van der Waals surface area contributed by atoms with Crippen LogP contribution in [0.1, 0.15) is 5.56 Å². The Hall–Kier alpha value is -1.24. The van der Waals surface area contributed by atoms with E-state index in [4.69, 9.17) is 21.1 Å². The summed E-state index contributed by atoms with van der Waals surface area (Å²) >= 11 is 5.43. The lowest BCUT2D eigenvalue weighted by Crippen LogP contribution is -2.00. The van der Waals surface area contributed by atoms with Gasteiger partial charge in [-0.3, -0.25) is 0 Å². The average molecular weight is 229 g/mol. The highest BCUT2D eigenvalue weighted by atomic mass is 35.5. The molecule has 0 fully saturated rings. The van der Waals surface area contributed by atoms with Gasteiger partial charge in [0.1, 0.15) is 11.6 Å². The highest BCUT2D eigenvalue weighted by Gasteiger charge is 2.02. The molecule has 1 aromatic rings. The van der Waals surface area contributed by atoms with E-state index in [1.54, 1.807) is 6.07 Å². The van der Waals surface area contributed by atoms with E-state index >= 15 is 0 Å². The smallest absolute Gasteiger partial charge is 0.188 e. The Morgan fingerprint density at radius 2 is 2.27 bits per heavy atom. The molecule has 0 atom stereocenters. The maximum atomic E-state index is 12.9. The largest absolute Gasteiger partial charge is 0.466 e. The van der Waals surface area contributed by atoms with Crippen molar-refractivity contribution >= 4 is 11.6 Å². The van der Waals surface area contributed by atoms with Gasteiger partial charge in [0.05, 0.1) is 11.4 Å². The molecule has 2 nitrogen and oxygen atoms in total. The molecule has 0 aliphatic carbocycles. The molecular formula is C11H10ClFO2. The number of ether oxygens (including phenoxy) is 2. The van der Waals surface area contributed by atoms with Gasteiger partial charge in [-0.2, -0.15) is 0 Å². The van der Waals surface area contributed by atoms with Crippen LogP contribution in [0.2, 0.25) is 0 Å². The summed E-state index contributed by atoms with van der Waals surface area (Å²) in [7, 11) is 1.49. The van der Waals surface area contributed by atoms with Crippen LogP contribution in [0.3, 0.4) is 0 Å². The third-order valence-corrected chi connectivity index (χ3v) is 1.70. The lowest BCUT2D eigenvalue weighted by molar-refractivity contribution is 0.0507. The van der Waals surface area contributed by atoms with Crippen LogP contribution in [0.5, 0.6) is 5.75 Å². The fraction of sp³-hybridized carbons (Fsp3) is 0.273. The summed E-state index contributed by atoms with van der Waals surface area (Å²) in [5, 5.41) is 0. The molecule has 0 unspecified atom stereocenters. The van der Waals surface area contributed by atoms with Crippen molar-refractivity contribution in [3.8, 4) is 17.6 Å². The van der Waals surface area contributed by atoms with Gasteiger partial charge in [0, 0.05) is 13.2 Å². The minimum atomic E-state index is -0.377. The molecule has 80 valence electrons. The van der Waals surface area contributed by atoms with Crippen LogP contribution in [-0.4, -0.2) is 19.8 Å². The average Bonchev–Trinajstić information content (AvgIpc) is 2.25. The summed E-state index contributed by atoms with van der Waals surface area (Å²) in [6.07, 6.45) is 0. The van der Waals surface area contributed by atoms with Crippen molar-refractivity contribution in [3.05, 3.63) is 29.6 Å². The van der Waals surface area contributed by atoms with E-state index in [1.807, 2.05) is 0 Å². The second-order valence-electron chi connectivity index (χ2n) is 2.63. The molecule has 0 spiro atoms. The van der Waals surface area contributed by atoms with Crippen molar-refractivity contribution in [1.82, 2.24) is 0 Å². The first-order valence-corrected chi connectivity index (χ1v) is 4.77. The lowest BCUT2D eigenvalue weighted by atomic mass is 10.2. The van der Waals surface area contributed by atoms with E-state index in [-0.39, 0.29) is 18.5 Å². The molecule has 15 heavy (non-hydrogen) atoms. The van der Waals surface area contributed by atoms with Gasteiger partial charge in [0.25, 0.3) is 0 Å². The van der Waals surface area contributed by atoms with Crippen LogP contribution >= 0.6 is 11.6 Å². The zero-order valence-electron chi connectivity index (χ0n) is 8.22. The van der Waals surface area contributed by atoms with E-state index < -0.39 is 0 Å². The van der Waals surface area contributed by atoms with Gasteiger partial charge < -0.3 is 9.47 Å². The summed E-state index contributed by atoms with van der Waals surface area (Å²) in [5.41, 5.74) is 0.592. The number of halogens is 2. The second kappa shape index (κ2) is 6.28. The van der Waals surface area contributed by atoms with Crippen LogP contribution in [-0.2, 0) is 4.74 Å². The molecule has 1 aromatic carbocycles. The third kappa shape index (κ3) is 3.78. The Labute approximate surface area is 93.0 Å². The van der Waals surface area contributed by atoms with E-state index in [1.165, 1.54) is 19.2 Å². The van der Waals surface area contributed by atoms with E-state index in [9.17, 15) is 4.39 Å². The van der Waals surface area contributed by atoms with Crippen molar-refractivity contribution in [2.75, 3.05) is 19.8 Å². The predicted molar refractivity (Wildman–Crippen MR) is 56.5 cm³/mol. The first-order chi connectivity index (χ1) is 7.27. The molecule has 0 bridgehead atoms. The number of alkyl halides is 1. The maximum Gasteiger partial charge on any atom is 0.188 e. The van der Waals surface area contributed by atoms with Gasteiger partial charge in [0.2, 0.25) is 0 Å². The highest BCUT2D eigenvalue weighted by molar-refractivity contribution is 6.19. The molecule has 0 amide bonds. The molecule has 0 heterocycles. The summed E-state index contributed by atoms with van der Waals surface area (Å²) in [4.78, 5) is 0. The van der Waals surface area contributed by atoms with Crippen LogP contribution in [0, 0.1) is 17.7 Å². The minimum absolute atomic E-state index is 0.0546. The summed E-state index contributed by atoms with van der Waals surface area (Å²) in [5.74, 6) is 5.64. The van der Waals surface area contributed by atoms with Crippen molar-refractivity contribution in [3.63, 3.8) is 0 Å². The Bertz CT molecular complexity index is 382. The molecular weight excluding hydrogens is 219 g/mol. The molecule has 0 N–H and O–H groups in total. The Kier molecular flexibility index (Phi) is 4.96. The molecule has 0 aliphatic rings. The van der Waals surface area contributed by atoms with Crippen LogP contribution < -0.4 is 4.74 Å². The van der Waals surface area contributed by atoms with Gasteiger partial charge in [0.15, 0.2) is 6.79 Å². The SMILES string of the molecule is COCOc1cc(F)ccc1C#CCCl. The van der Waals surface area contributed by atoms with Gasteiger partial charge >= 0.3 is 0 Å². The zero-order valence-corrected chi connectivity index (χ0v) is 8.97. The van der Waals surface area contributed by atoms with E-state index in [0.29, 0.717) is 11.3 Å². The molecule has 0 radical (unpaired) electrons. The van der Waals surface area contributed by atoms with Crippen LogP contribution in [0.15, 0.2) is 18.2 Å². The Morgan fingerprint density at radius 3 is 2.93 bits per heavy atom. The van der Waals surface area contributed by atoms with Gasteiger partial charge in [-0.15, -0.1) is 11.6 Å². The highest BCUT2D eigenvalue weighted by Crippen LogP contribution is 2.18. The third-order valence-electron chi connectivity index (χ3n) is 1.57. The van der Waals surface area contributed by atoms with Crippen molar-refractivity contribution in [2.24, 2.45) is 0 Å². The molecule has 0 saturated carbocycles. The van der Waals surface area contributed by atoms with Crippen molar-refractivity contribution < 1.29 is 13.9 Å². The number of rotatable bonds is 3. The molecule has 0 saturated heterocycles. The van der Waals surface area contributed by atoms with Gasteiger partial charge in [-0.1, -0.05) is 11.8 Å². The van der Waals surface area contributed by atoms with Gasteiger partial charge in [-0.25, -0.2) is 4.39 Å². The van der Waals surface area contributed by atoms with Gasteiger partial charge in [-0.05, 0) is 12.1 Å². The Balaban J connectivity index is 2.92. The number of hydrogen-bond acceptors (Lipinski definition) is 2. The molecule has 4 heteroatoms. The number of hydrogen-bond donors (Lipinski definition) is 0. The number of benzene rings is 1. The fourth-order valence-electron chi connectivity index (χ4n) is 0.970. The monoisotopic (exact) mass is 228 g/mol. The first kappa shape index (κ1) is 11.8. The summed E-state index contributed by atoms with van der Waals surface area (Å²) in [6, 6.07) is 4.12. The predicted octanol–water partition coefficient (Wildman–Crippen LogP) is 2.40. The maximum absolute atomic E-state index is 12.9. The first-order valence-electron chi connectivity index (χ1n) is 4.24. The topological polar surface area (TPSA) is 18.5 Å². The zero-order chi connectivity index (χ0) is 11.1. The molecule has 0 aromatic heterocycles.